The summed E-state index contributed by atoms with van der Waals surface area (Å²) in [6.07, 6.45) is 3.45. The molecule has 1 aliphatic rings. The lowest BCUT2D eigenvalue weighted by atomic mass is 10.0. The van der Waals surface area contributed by atoms with Crippen molar-refractivity contribution in [1.29, 1.82) is 0 Å². The van der Waals surface area contributed by atoms with Gasteiger partial charge in [-0.25, -0.2) is 4.79 Å². The molecule has 2 unspecified atom stereocenters. The third-order valence-corrected chi connectivity index (χ3v) is 3.99. The molecule has 5 nitrogen and oxygen atoms in total. The predicted octanol–water partition coefficient (Wildman–Crippen LogP) is 2.12. The monoisotopic (exact) mass is 277 g/mol. The Kier molecular flexibility index (Phi) is 3.63. The van der Waals surface area contributed by atoms with E-state index in [9.17, 15) is 9.90 Å². The number of benzene rings is 1. The van der Waals surface area contributed by atoms with Crippen molar-refractivity contribution >= 4 is 11.1 Å². The lowest BCUT2D eigenvalue weighted by Crippen LogP contribution is -2.08. The SMILES string of the molecule is Cn1c(=O)oc2cc(C(O)CCC3CCCO3)ccc21. The van der Waals surface area contributed by atoms with Gasteiger partial charge in [0.15, 0.2) is 5.58 Å². The number of aliphatic hydroxyl groups is 1. The fourth-order valence-electron chi connectivity index (χ4n) is 2.74. The number of rotatable bonds is 4. The maximum Gasteiger partial charge on any atom is 0.419 e. The van der Waals surface area contributed by atoms with Crippen molar-refractivity contribution in [2.75, 3.05) is 6.61 Å². The molecule has 0 bridgehead atoms. The number of hydrogen-bond donors (Lipinski definition) is 1. The lowest BCUT2D eigenvalue weighted by molar-refractivity contribution is 0.0812. The Balaban J connectivity index is 1.73. The second-order valence-corrected chi connectivity index (χ2v) is 5.38. The van der Waals surface area contributed by atoms with Gasteiger partial charge in [0.25, 0.3) is 0 Å². The third-order valence-electron chi connectivity index (χ3n) is 3.99. The molecule has 1 aliphatic heterocycles. The van der Waals surface area contributed by atoms with Crippen LogP contribution in [0.1, 0.15) is 37.4 Å². The third kappa shape index (κ3) is 2.51. The van der Waals surface area contributed by atoms with Crippen LogP contribution in [0.4, 0.5) is 0 Å². The Labute approximate surface area is 116 Å². The van der Waals surface area contributed by atoms with Gasteiger partial charge >= 0.3 is 5.76 Å². The van der Waals surface area contributed by atoms with Crippen LogP contribution < -0.4 is 5.76 Å². The summed E-state index contributed by atoms with van der Waals surface area (Å²) < 4.78 is 12.1. The number of fused-ring (bicyclic) bond motifs is 1. The maximum atomic E-state index is 11.4. The Bertz CT molecular complexity index is 651. The number of oxazole rings is 1. The van der Waals surface area contributed by atoms with Gasteiger partial charge < -0.3 is 14.3 Å². The van der Waals surface area contributed by atoms with Crippen LogP contribution in [0.3, 0.4) is 0 Å². The zero-order valence-electron chi connectivity index (χ0n) is 11.5. The van der Waals surface area contributed by atoms with Gasteiger partial charge in [-0.1, -0.05) is 6.07 Å². The average molecular weight is 277 g/mol. The molecule has 0 amide bonds. The summed E-state index contributed by atoms with van der Waals surface area (Å²) in [5.41, 5.74) is 2.04. The fraction of sp³-hybridized carbons (Fsp3) is 0.533. The summed E-state index contributed by atoms with van der Waals surface area (Å²) in [5, 5.41) is 10.2. The van der Waals surface area contributed by atoms with Crippen molar-refractivity contribution in [2.24, 2.45) is 7.05 Å². The number of aromatic nitrogens is 1. The standard InChI is InChI=1S/C15H19NO4/c1-16-12-6-4-10(9-14(12)20-15(16)18)13(17)7-5-11-3-2-8-19-11/h4,6,9,11,13,17H,2-3,5,7-8H2,1H3. The normalized spacial score (nSPS) is 20.6. The Morgan fingerprint density at radius 1 is 1.50 bits per heavy atom. The van der Waals surface area contributed by atoms with Crippen molar-refractivity contribution in [3.63, 3.8) is 0 Å². The zero-order valence-corrected chi connectivity index (χ0v) is 11.5. The summed E-state index contributed by atoms with van der Waals surface area (Å²) in [5.74, 6) is -0.383. The summed E-state index contributed by atoms with van der Waals surface area (Å²) in [4.78, 5) is 11.4. The van der Waals surface area contributed by atoms with E-state index >= 15 is 0 Å². The molecule has 0 spiro atoms. The van der Waals surface area contributed by atoms with Crippen molar-refractivity contribution in [2.45, 2.75) is 37.9 Å². The van der Waals surface area contributed by atoms with E-state index in [1.54, 1.807) is 13.1 Å². The first-order valence-corrected chi connectivity index (χ1v) is 7.04. The Morgan fingerprint density at radius 3 is 3.10 bits per heavy atom. The Hall–Kier alpha value is -1.59. The van der Waals surface area contributed by atoms with Crippen LogP contribution in [0.2, 0.25) is 0 Å². The van der Waals surface area contributed by atoms with Crippen molar-refractivity contribution in [3.8, 4) is 0 Å². The molecule has 3 rings (SSSR count). The molecule has 108 valence electrons. The van der Waals surface area contributed by atoms with E-state index in [0.29, 0.717) is 12.0 Å². The highest BCUT2D eigenvalue weighted by atomic mass is 16.5. The number of nitrogens with zero attached hydrogens (tertiary/aromatic N) is 1. The first kappa shape index (κ1) is 13.4. The van der Waals surface area contributed by atoms with Crippen LogP contribution in [0.15, 0.2) is 27.4 Å². The molecule has 0 aliphatic carbocycles. The van der Waals surface area contributed by atoms with Crippen molar-refractivity contribution < 1.29 is 14.3 Å². The van der Waals surface area contributed by atoms with Gasteiger partial charge in [-0.3, -0.25) is 4.57 Å². The molecule has 2 atom stereocenters. The first-order chi connectivity index (χ1) is 9.65. The predicted molar refractivity (Wildman–Crippen MR) is 74.6 cm³/mol. The maximum absolute atomic E-state index is 11.4. The largest absolute Gasteiger partial charge is 0.419 e. The molecule has 0 saturated carbocycles. The van der Waals surface area contributed by atoms with E-state index < -0.39 is 6.10 Å². The van der Waals surface area contributed by atoms with Crippen LogP contribution in [0.25, 0.3) is 11.1 Å². The second kappa shape index (κ2) is 5.42. The summed E-state index contributed by atoms with van der Waals surface area (Å²) in [7, 11) is 1.67. The smallest absolute Gasteiger partial charge is 0.408 e. The summed E-state index contributed by atoms with van der Waals surface area (Å²) in [6.45, 7) is 0.835. The summed E-state index contributed by atoms with van der Waals surface area (Å²) >= 11 is 0. The highest BCUT2D eigenvalue weighted by molar-refractivity contribution is 5.73. The Morgan fingerprint density at radius 2 is 2.35 bits per heavy atom. The van der Waals surface area contributed by atoms with E-state index in [1.807, 2.05) is 12.1 Å². The molecule has 0 radical (unpaired) electrons. The van der Waals surface area contributed by atoms with Crippen LogP contribution in [-0.2, 0) is 11.8 Å². The van der Waals surface area contributed by atoms with E-state index in [4.69, 9.17) is 9.15 Å². The number of ether oxygens (including phenoxy) is 1. The molecular weight excluding hydrogens is 258 g/mol. The highest BCUT2D eigenvalue weighted by Crippen LogP contribution is 2.26. The van der Waals surface area contributed by atoms with E-state index in [-0.39, 0.29) is 11.9 Å². The minimum Gasteiger partial charge on any atom is -0.408 e. The molecule has 1 fully saturated rings. The fourth-order valence-corrected chi connectivity index (χ4v) is 2.74. The van der Waals surface area contributed by atoms with Gasteiger partial charge in [0.05, 0.1) is 17.7 Å². The lowest BCUT2D eigenvalue weighted by Gasteiger charge is -2.14. The number of hydrogen-bond acceptors (Lipinski definition) is 4. The molecule has 1 N–H and O–H groups in total. The summed E-state index contributed by atoms with van der Waals surface area (Å²) in [6, 6.07) is 5.40. The second-order valence-electron chi connectivity index (χ2n) is 5.38. The van der Waals surface area contributed by atoms with E-state index in [2.05, 4.69) is 0 Å². The minimum absolute atomic E-state index is 0.281. The number of aryl methyl sites for hydroxylation is 1. The topological polar surface area (TPSA) is 64.6 Å². The van der Waals surface area contributed by atoms with Crippen LogP contribution in [-0.4, -0.2) is 22.4 Å². The van der Waals surface area contributed by atoms with Crippen LogP contribution >= 0.6 is 0 Å². The first-order valence-electron chi connectivity index (χ1n) is 7.04. The minimum atomic E-state index is -0.547. The average Bonchev–Trinajstić information content (AvgIpc) is 3.05. The van der Waals surface area contributed by atoms with E-state index in [1.165, 1.54) is 4.57 Å². The van der Waals surface area contributed by atoms with Gasteiger partial charge in [-0.05, 0) is 43.4 Å². The number of aliphatic hydroxyl groups excluding tert-OH is 1. The molecule has 1 aromatic carbocycles. The quantitative estimate of drug-likeness (QED) is 0.929. The van der Waals surface area contributed by atoms with Gasteiger partial charge in [-0.2, -0.15) is 0 Å². The molecule has 1 saturated heterocycles. The zero-order chi connectivity index (χ0) is 14.1. The molecule has 1 aromatic heterocycles. The molecular formula is C15H19NO4. The van der Waals surface area contributed by atoms with Gasteiger partial charge in [0, 0.05) is 13.7 Å². The molecule has 2 heterocycles. The van der Waals surface area contributed by atoms with Gasteiger partial charge in [-0.15, -0.1) is 0 Å². The van der Waals surface area contributed by atoms with Crippen molar-refractivity contribution in [3.05, 3.63) is 34.3 Å². The van der Waals surface area contributed by atoms with Crippen LogP contribution in [0.5, 0.6) is 0 Å². The van der Waals surface area contributed by atoms with Crippen molar-refractivity contribution in [1.82, 2.24) is 4.57 Å². The van der Waals surface area contributed by atoms with E-state index in [0.717, 1.165) is 36.9 Å². The molecule has 20 heavy (non-hydrogen) atoms. The van der Waals surface area contributed by atoms with Crippen LogP contribution in [0, 0.1) is 0 Å². The molecule has 2 aromatic rings. The van der Waals surface area contributed by atoms with Gasteiger partial charge in [0.1, 0.15) is 0 Å². The highest BCUT2D eigenvalue weighted by Gasteiger charge is 2.18. The van der Waals surface area contributed by atoms with Gasteiger partial charge in [0.2, 0.25) is 0 Å². The molecule has 5 heteroatoms.